The largest absolute Gasteiger partial charge is 0.506 e. The first kappa shape index (κ1) is 19.3. The van der Waals surface area contributed by atoms with Gasteiger partial charge in [0.15, 0.2) is 0 Å². The van der Waals surface area contributed by atoms with Crippen molar-refractivity contribution in [2.45, 2.75) is 45.1 Å². The number of phenols is 1. The molecule has 2 aromatic rings. The van der Waals surface area contributed by atoms with E-state index in [1.165, 1.54) is 5.56 Å². The number of benzene rings is 2. The van der Waals surface area contributed by atoms with Crippen LogP contribution >= 0.6 is 15.9 Å². The number of rotatable bonds is 7. The Bertz CT molecular complexity index is 726. The first-order chi connectivity index (χ1) is 11.8. The number of aromatic hydroxyl groups is 1. The van der Waals surface area contributed by atoms with Gasteiger partial charge in [0.2, 0.25) is 0 Å². The maximum Gasteiger partial charge on any atom is 0.506 e. The summed E-state index contributed by atoms with van der Waals surface area (Å²) in [5.41, 5.74) is 2.11. The maximum atomic E-state index is 10.8. The van der Waals surface area contributed by atoms with Gasteiger partial charge in [-0.3, -0.25) is 0 Å². The van der Waals surface area contributed by atoms with Crippen molar-refractivity contribution in [3.8, 4) is 5.75 Å². The Morgan fingerprint density at radius 2 is 1.72 bits per heavy atom. The van der Waals surface area contributed by atoms with Gasteiger partial charge >= 0.3 is 6.16 Å². The van der Waals surface area contributed by atoms with E-state index in [1.54, 1.807) is 13.8 Å². The second-order valence-corrected chi connectivity index (χ2v) is 7.48. The van der Waals surface area contributed by atoms with Crippen molar-refractivity contribution in [2.75, 3.05) is 0 Å². The number of carbonyl (C=O) groups is 1. The second-order valence-electron chi connectivity index (χ2n) is 6.69. The summed E-state index contributed by atoms with van der Waals surface area (Å²) in [6, 6.07) is 14.1. The maximum absolute atomic E-state index is 10.8. The molecular formula is C20H23BrO4. The predicted octanol–water partition coefficient (Wildman–Crippen LogP) is 5.35. The van der Waals surface area contributed by atoms with Crippen LogP contribution in [0, 0.1) is 0 Å². The quantitative estimate of drug-likeness (QED) is 0.608. The molecule has 0 fully saturated rings. The molecule has 0 saturated carbocycles. The van der Waals surface area contributed by atoms with Crippen LogP contribution in [0.15, 0.2) is 46.9 Å². The van der Waals surface area contributed by atoms with Gasteiger partial charge in [0, 0.05) is 6.42 Å². The zero-order valence-electron chi connectivity index (χ0n) is 14.5. The van der Waals surface area contributed by atoms with Gasteiger partial charge in [0.1, 0.15) is 11.4 Å². The zero-order valence-corrected chi connectivity index (χ0v) is 16.0. The Balaban J connectivity index is 2.03. The van der Waals surface area contributed by atoms with Crippen LogP contribution in [0.1, 0.15) is 37.0 Å². The Labute approximate surface area is 156 Å². The SMILES string of the molecule is CC(C)(Cc1ccc(CCCc2ccccc2)c(O)c1Br)OC(=O)O. The van der Waals surface area contributed by atoms with Crippen LogP contribution in [-0.2, 0) is 24.0 Å². The Kier molecular flexibility index (Phi) is 6.48. The fourth-order valence-electron chi connectivity index (χ4n) is 2.84. The molecule has 0 aliphatic heterocycles. The van der Waals surface area contributed by atoms with E-state index in [1.807, 2.05) is 30.3 Å². The molecule has 2 N–H and O–H groups in total. The van der Waals surface area contributed by atoms with Crippen LogP contribution in [0.25, 0.3) is 0 Å². The molecule has 0 atom stereocenters. The average Bonchev–Trinajstić information content (AvgIpc) is 2.53. The average molecular weight is 407 g/mol. The van der Waals surface area contributed by atoms with Gasteiger partial charge < -0.3 is 14.9 Å². The normalized spacial score (nSPS) is 11.3. The van der Waals surface area contributed by atoms with Gasteiger partial charge in [-0.25, -0.2) is 4.79 Å². The highest BCUT2D eigenvalue weighted by molar-refractivity contribution is 9.10. The lowest BCUT2D eigenvalue weighted by atomic mass is 9.95. The molecule has 0 radical (unpaired) electrons. The van der Waals surface area contributed by atoms with E-state index in [2.05, 4.69) is 28.1 Å². The van der Waals surface area contributed by atoms with Crippen molar-refractivity contribution < 1.29 is 19.7 Å². The van der Waals surface area contributed by atoms with Crippen LogP contribution in [0.3, 0.4) is 0 Å². The molecule has 0 heterocycles. The topological polar surface area (TPSA) is 66.8 Å². The molecule has 5 heteroatoms. The van der Waals surface area contributed by atoms with Gasteiger partial charge in [-0.15, -0.1) is 0 Å². The number of aryl methyl sites for hydroxylation is 2. The summed E-state index contributed by atoms with van der Waals surface area (Å²) in [5.74, 6) is 0.219. The van der Waals surface area contributed by atoms with Gasteiger partial charge in [-0.1, -0.05) is 42.5 Å². The van der Waals surface area contributed by atoms with E-state index in [-0.39, 0.29) is 5.75 Å². The number of carboxylic acid groups (broad SMARTS) is 1. The minimum absolute atomic E-state index is 0.219. The van der Waals surface area contributed by atoms with Crippen LogP contribution in [0.4, 0.5) is 4.79 Å². The summed E-state index contributed by atoms with van der Waals surface area (Å²) < 4.78 is 5.50. The van der Waals surface area contributed by atoms with E-state index in [0.29, 0.717) is 10.9 Å². The van der Waals surface area contributed by atoms with E-state index in [9.17, 15) is 9.90 Å². The molecule has 0 saturated heterocycles. The molecule has 0 spiro atoms. The van der Waals surface area contributed by atoms with Crippen molar-refractivity contribution in [1.29, 1.82) is 0 Å². The Morgan fingerprint density at radius 1 is 1.08 bits per heavy atom. The highest BCUT2D eigenvalue weighted by Crippen LogP contribution is 2.34. The molecule has 2 aromatic carbocycles. The van der Waals surface area contributed by atoms with E-state index in [0.717, 1.165) is 30.4 Å². The van der Waals surface area contributed by atoms with Gasteiger partial charge in [0.05, 0.1) is 4.47 Å². The Morgan fingerprint density at radius 3 is 2.36 bits per heavy atom. The number of hydrogen-bond donors (Lipinski definition) is 2. The molecule has 0 aliphatic carbocycles. The first-order valence-corrected chi connectivity index (χ1v) is 9.03. The third-order valence-corrected chi connectivity index (χ3v) is 4.90. The molecule has 134 valence electrons. The zero-order chi connectivity index (χ0) is 18.4. The highest BCUT2D eigenvalue weighted by Gasteiger charge is 2.25. The number of ether oxygens (including phenoxy) is 1. The lowest BCUT2D eigenvalue weighted by Crippen LogP contribution is -2.30. The van der Waals surface area contributed by atoms with E-state index in [4.69, 9.17) is 9.84 Å². The summed E-state index contributed by atoms with van der Waals surface area (Å²) >= 11 is 3.43. The summed E-state index contributed by atoms with van der Waals surface area (Å²) in [4.78, 5) is 10.8. The van der Waals surface area contributed by atoms with Crippen molar-refractivity contribution in [1.82, 2.24) is 0 Å². The second kappa shape index (κ2) is 8.39. The minimum Gasteiger partial charge on any atom is -0.506 e. The fourth-order valence-corrected chi connectivity index (χ4v) is 3.37. The van der Waals surface area contributed by atoms with E-state index >= 15 is 0 Å². The van der Waals surface area contributed by atoms with Crippen LogP contribution < -0.4 is 0 Å². The fraction of sp³-hybridized carbons (Fsp3) is 0.350. The predicted molar refractivity (Wildman–Crippen MR) is 101 cm³/mol. The Hall–Kier alpha value is -2.01. The standard InChI is InChI=1S/C20H23BrO4/c1-20(2,25-19(23)24)13-16-12-11-15(18(22)17(16)21)10-6-9-14-7-4-3-5-8-14/h3-5,7-8,11-12,22H,6,9-10,13H2,1-2H3,(H,23,24). The molecule has 2 rings (SSSR count). The van der Waals surface area contributed by atoms with Crippen LogP contribution in [0.5, 0.6) is 5.75 Å². The highest BCUT2D eigenvalue weighted by atomic mass is 79.9. The van der Waals surface area contributed by atoms with E-state index < -0.39 is 11.8 Å². The molecule has 25 heavy (non-hydrogen) atoms. The molecule has 0 aliphatic rings. The smallest absolute Gasteiger partial charge is 0.506 e. The van der Waals surface area contributed by atoms with Crippen molar-refractivity contribution >= 4 is 22.1 Å². The van der Waals surface area contributed by atoms with Crippen LogP contribution in [-0.4, -0.2) is 22.0 Å². The molecule has 0 aromatic heterocycles. The summed E-state index contributed by atoms with van der Waals surface area (Å²) in [6.07, 6.45) is 1.74. The van der Waals surface area contributed by atoms with Gasteiger partial charge in [-0.05, 0) is 65.7 Å². The van der Waals surface area contributed by atoms with Gasteiger partial charge in [0.25, 0.3) is 0 Å². The number of halogens is 1. The number of hydrogen-bond acceptors (Lipinski definition) is 3. The van der Waals surface area contributed by atoms with Crippen molar-refractivity contribution in [3.63, 3.8) is 0 Å². The lowest BCUT2D eigenvalue weighted by molar-refractivity contribution is 0.00417. The van der Waals surface area contributed by atoms with Crippen molar-refractivity contribution in [2.24, 2.45) is 0 Å². The third kappa shape index (κ3) is 5.78. The summed E-state index contributed by atoms with van der Waals surface area (Å²) in [7, 11) is 0. The third-order valence-electron chi connectivity index (χ3n) is 4.01. The molecule has 0 unspecified atom stereocenters. The summed E-state index contributed by atoms with van der Waals surface area (Å²) in [6.45, 7) is 3.41. The minimum atomic E-state index is -1.30. The van der Waals surface area contributed by atoms with Crippen molar-refractivity contribution in [3.05, 3.63) is 63.6 Å². The number of phenolic OH excluding ortho intramolecular Hbond substituents is 1. The molecule has 0 amide bonds. The summed E-state index contributed by atoms with van der Waals surface area (Å²) in [5, 5.41) is 19.3. The monoisotopic (exact) mass is 406 g/mol. The molecule has 4 nitrogen and oxygen atoms in total. The van der Waals surface area contributed by atoms with Crippen LogP contribution in [0.2, 0.25) is 0 Å². The molecule has 0 bridgehead atoms. The molecular weight excluding hydrogens is 384 g/mol. The lowest BCUT2D eigenvalue weighted by Gasteiger charge is -2.24. The van der Waals surface area contributed by atoms with Gasteiger partial charge in [-0.2, -0.15) is 0 Å². The first-order valence-electron chi connectivity index (χ1n) is 8.23.